The summed E-state index contributed by atoms with van der Waals surface area (Å²) in [5, 5.41) is 12.1. The second-order valence-corrected chi connectivity index (χ2v) is 3.38. The molecule has 1 aromatic rings. The smallest absolute Gasteiger partial charge is 0.123 e. The van der Waals surface area contributed by atoms with E-state index in [0.29, 0.717) is 6.54 Å². The van der Waals surface area contributed by atoms with Gasteiger partial charge in [0.25, 0.3) is 0 Å². The van der Waals surface area contributed by atoms with Gasteiger partial charge in [-0.1, -0.05) is 6.07 Å². The van der Waals surface area contributed by atoms with Gasteiger partial charge in [-0.2, -0.15) is 0 Å². The second-order valence-electron chi connectivity index (χ2n) is 3.38. The minimum absolute atomic E-state index is 0.123. The number of nitrogens with one attached hydrogen (secondary N) is 1. The molecule has 0 spiro atoms. The van der Waals surface area contributed by atoms with Crippen LogP contribution in [0.25, 0.3) is 0 Å². The van der Waals surface area contributed by atoms with Gasteiger partial charge in [-0.15, -0.1) is 0 Å². The molecule has 0 saturated carbocycles. The molecule has 0 amide bonds. The largest absolute Gasteiger partial charge is 0.395 e. The summed E-state index contributed by atoms with van der Waals surface area (Å²) in [7, 11) is 0. The van der Waals surface area contributed by atoms with Gasteiger partial charge in [-0.05, 0) is 29.7 Å². The first kappa shape index (κ1) is 8.66. The lowest BCUT2D eigenvalue weighted by Gasteiger charge is -2.24. The van der Waals surface area contributed by atoms with Crippen molar-refractivity contribution in [3.63, 3.8) is 0 Å². The molecule has 13 heavy (non-hydrogen) atoms. The number of hydrogen-bond donors (Lipinski definition) is 2. The van der Waals surface area contributed by atoms with E-state index in [1.165, 1.54) is 6.07 Å². The number of aliphatic hydroxyl groups is 1. The molecule has 1 aromatic carbocycles. The van der Waals surface area contributed by atoms with Gasteiger partial charge in [0.05, 0.1) is 6.61 Å². The lowest BCUT2D eigenvalue weighted by molar-refractivity contribution is 0.235. The van der Waals surface area contributed by atoms with E-state index in [1.807, 2.05) is 0 Å². The average Bonchev–Trinajstić information content (AvgIpc) is 2.17. The normalized spacial score (nSPS) is 21.2. The van der Waals surface area contributed by atoms with E-state index in [1.54, 1.807) is 12.1 Å². The van der Waals surface area contributed by atoms with Crippen LogP contribution >= 0.6 is 0 Å². The lowest BCUT2D eigenvalue weighted by Crippen LogP contribution is -2.38. The molecular formula is C10H12FNO. The first-order chi connectivity index (χ1) is 6.29. The van der Waals surface area contributed by atoms with Gasteiger partial charge in [0.15, 0.2) is 0 Å². The van der Waals surface area contributed by atoms with Gasteiger partial charge in [-0.25, -0.2) is 4.39 Å². The molecule has 0 radical (unpaired) electrons. The van der Waals surface area contributed by atoms with E-state index in [4.69, 9.17) is 5.11 Å². The van der Waals surface area contributed by atoms with Gasteiger partial charge in [0.2, 0.25) is 0 Å². The fourth-order valence-electron chi connectivity index (χ4n) is 1.68. The Morgan fingerprint density at radius 2 is 2.31 bits per heavy atom. The fraction of sp³-hybridized carbons (Fsp3) is 0.400. The van der Waals surface area contributed by atoms with Crippen LogP contribution in [0.1, 0.15) is 11.1 Å². The zero-order chi connectivity index (χ0) is 9.26. The van der Waals surface area contributed by atoms with Crippen molar-refractivity contribution in [1.82, 2.24) is 5.32 Å². The molecule has 1 atom stereocenters. The number of rotatable bonds is 1. The van der Waals surface area contributed by atoms with Crippen LogP contribution in [0.3, 0.4) is 0 Å². The predicted octanol–water partition coefficient (Wildman–Crippen LogP) is 0.832. The summed E-state index contributed by atoms with van der Waals surface area (Å²) in [6, 6.07) is 4.95. The number of hydrogen-bond acceptors (Lipinski definition) is 2. The molecule has 0 fully saturated rings. The van der Waals surface area contributed by atoms with Crippen molar-refractivity contribution in [2.24, 2.45) is 0 Å². The third kappa shape index (κ3) is 1.71. The minimum Gasteiger partial charge on any atom is -0.395 e. The Bertz CT molecular complexity index is 314. The summed E-state index contributed by atoms with van der Waals surface area (Å²) in [5.74, 6) is -0.192. The molecule has 1 heterocycles. The van der Waals surface area contributed by atoms with E-state index in [9.17, 15) is 4.39 Å². The van der Waals surface area contributed by atoms with Crippen LogP contribution in [0.2, 0.25) is 0 Å². The van der Waals surface area contributed by atoms with Crippen molar-refractivity contribution >= 4 is 0 Å². The second kappa shape index (κ2) is 3.44. The number of halogens is 1. The SMILES string of the molecule is OC[C@@H]1Cc2ccc(F)cc2CN1. The maximum Gasteiger partial charge on any atom is 0.123 e. The van der Waals surface area contributed by atoms with Crippen molar-refractivity contribution in [2.75, 3.05) is 6.61 Å². The maximum atomic E-state index is 12.8. The van der Waals surface area contributed by atoms with E-state index in [0.717, 1.165) is 17.5 Å². The molecule has 0 aliphatic carbocycles. The molecule has 2 rings (SSSR count). The molecule has 0 bridgehead atoms. The van der Waals surface area contributed by atoms with E-state index in [-0.39, 0.29) is 18.5 Å². The molecular weight excluding hydrogens is 169 g/mol. The summed E-state index contributed by atoms with van der Waals surface area (Å²) < 4.78 is 12.8. The molecule has 70 valence electrons. The summed E-state index contributed by atoms with van der Waals surface area (Å²) in [5.41, 5.74) is 2.14. The molecule has 1 aliphatic heterocycles. The Hall–Kier alpha value is -0.930. The van der Waals surface area contributed by atoms with Crippen LogP contribution < -0.4 is 5.32 Å². The monoisotopic (exact) mass is 181 g/mol. The fourth-order valence-corrected chi connectivity index (χ4v) is 1.68. The summed E-state index contributed by atoms with van der Waals surface area (Å²) in [6.07, 6.45) is 0.784. The van der Waals surface area contributed by atoms with E-state index in [2.05, 4.69) is 5.32 Å². The van der Waals surface area contributed by atoms with Crippen molar-refractivity contribution in [3.8, 4) is 0 Å². The summed E-state index contributed by atoms with van der Waals surface area (Å²) >= 11 is 0. The van der Waals surface area contributed by atoms with Crippen molar-refractivity contribution in [2.45, 2.75) is 19.0 Å². The molecule has 2 nitrogen and oxygen atoms in total. The first-order valence-corrected chi connectivity index (χ1v) is 4.41. The molecule has 2 N–H and O–H groups in total. The molecule has 0 aromatic heterocycles. The molecule has 0 saturated heterocycles. The highest BCUT2D eigenvalue weighted by Crippen LogP contribution is 2.17. The van der Waals surface area contributed by atoms with E-state index < -0.39 is 0 Å². The molecule has 1 aliphatic rings. The Morgan fingerprint density at radius 3 is 3.08 bits per heavy atom. The third-order valence-electron chi connectivity index (χ3n) is 2.44. The summed E-state index contributed by atoms with van der Waals surface area (Å²) in [4.78, 5) is 0. The van der Waals surface area contributed by atoms with Gasteiger partial charge in [-0.3, -0.25) is 0 Å². The Kier molecular flexibility index (Phi) is 2.29. The molecule has 3 heteroatoms. The van der Waals surface area contributed by atoms with E-state index >= 15 is 0 Å². The van der Waals surface area contributed by atoms with Crippen molar-refractivity contribution in [3.05, 3.63) is 35.1 Å². The number of fused-ring (bicyclic) bond motifs is 1. The predicted molar refractivity (Wildman–Crippen MR) is 47.8 cm³/mol. The average molecular weight is 181 g/mol. The van der Waals surface area contributed by atoms with Gasteiger partial charge < -0.3 is 10.4 Å². The lowest BCUT2D eigenvalue weighted by atomic mass is 9.96. The highest BCUT2D eigenvalue weighted by molar-refractivity contribution is 5.30. The van der Waals surface area contributed by atoms with Gasteiger partial charge in [0.1, 0.15) is 5.82 Å². The van der Waals surface area contributed by atoms with Crippen LogP contribution in [0.4, 0.5) is 4.39 Å². The number of aliphatic hydroxyl groups excluding tert-OH is 1. The van der Waals surface area contributed by atoms with Crippen LogP contribution in [0.15, 0.2) is 18.2 Å². The highest BCUT2D eigenvalue weighted by Gasteiger charge is 2.16. The van der Waals surface area contributed by atoms with Gasteiger partial charge in [0, 0.05) is 12.6 Å². The zero-order valence-electron chi connectivity index (χ0n) is 7.26. The Balaban J connectivity index is 2.26. The maximum absolute atomic E-state index is 12.8. The number of benzene rings is 1. The van der Waals surface area contributed by atoms with Crippen LogP contribution in [-0.2, 0) is 13.0 Å². The van der Waals surface area contributed by atoms with Crippen molar-refractivity contribution in [1.29, 1.82) is 0 Å². The topological polar surface area (TPSA) is 32.3 Å². The highest BCUT2D eigenvalue weighted by atomic mass is 19.1. The minimum atomic E-state index is -0.192. The zero-order valence-corrected chi connectivity index (χ0v) is 7.26. The van der Waals surface area contributed by atoms with Gasteiger partial charge >= 0.3 is 0 Å². The summed E-state index contributed by atoms with van der Waals surface area (Å²) in [6.45, 7) is 0.787. The Labute approximate surface area is 76.4 Å². The van der Waals surface area contributed by atoms with Crippen molar-refractivity contribution < 1.29 is 9.50 Å². The standard InChI is InChI=1S/C10H12FNO/c11-9-2-1-7-4-10(6-13)12-5-8(7)3-9/h1-3,10,12-13H,4-6H2/t10-/m0/s1. The third-order valence-corrected chi connectivity index (χ3v) is 2.44. The van der Waals surface area contributed by atoms with Crippen LogP contribution in [0.5, 0.6) is 0 Å². The first-order valence-electron chi connectivity index (χ1n) is 4.41. The molecule has 0 unspecified atom stereocenters. The Morgan fingerprint density at radius 1 is 1.46 bits per heavy atom. The van der Waals surface area contributed by atoms with Crippen LogP contribution in [-0.4, -0.2) is 17.8 Å². The quantitative estimate of drug-likeness (QED) is 0.672. The van der Waals surface area contributed by atoms with Crippen LogP contribution in [0, 0.1) is 5.82 Å².